The number of nitrogens with zero attached hydrogens (tertiary/aromatic N) is 7. The van der Waals surface area contributed by atoms with Gasteiger partial charge in [-0.1, -0.05) is 18.1 Å². The third kappa shape index (κ3) is 3.74. The van der Waals surface area contributed by atoms with Crippen LogP contribution in [0, 0.1) is 11.8 Å². The molecule has 0 amide bonds. The Balaban J connectivity index is 1.68. The lowest BCUT2D eigenvalue weighted by Gasteiger charge is -2.31. The molecule has 0 aliphatic carbocycles. The van der Waals surface area contributed by atoms with Crippen LogP contribution in [0.1, 0.15) is 25.3 Å². The maximum atomic E-state index is 13.7. The van der Waals surface area contributed by atoms with Crippen molar-refractivity contribution in [1.82, 2.24) is 28.7 Å². The largest absolute Gasteiger partial charge is 0.341 e. The minimum atomic E-state index is -0.423. The average molecular weight is 459 g/mol. The van der Waals surface area contributed by atoms with E-state index in [0.717, 1.165) is 35.9 Å². The molecule has 0 radical (unpaired) electrons. The van der Waals surface area contributed by atoms with Crippen LogP contribution in [-0.2, 0) is 20.1 Å². The van der Waals surface area contributed by atoms with Crippen LogP contribution in [-0.4, -0.2) is 47.8 Å². The van der Waals surface area contributed by atoms with Crippen molar-refractivity contribution in [3.63, 3.8) is 0 Å². The zero-order chi connectivity index (χ0) is 23.8. The van der Waals surface area contributed by atoms with E-state index in [1.807, 2.05) is 22.8 Å². The number of anilines is 1. The second-order valence-electron chi connectivity index (χ2n) is 8.59. The molecule has 10 heteroatoms. The van der Waals surface area contributed by atoms with Gasteiger partial charge in [0, 0.05) is 37.8 Å². The van der Waals surface area contributed by atoms with Gasteiger partial charge in [-0.15, -0.1) is 5.92 Å². The van der Waals surface area contributed by atoms with Crippen LogP contribution in [0.2, 0.25) is 0 Å². The molecule has 1 atom stereocenters. The highest BCUT2D eigenvalue weighted by molar-refractivity contribution is 5.78. The molecule has 2 N–H and O–H groups in total. The first-order valence-electron chi connectivity index (χ1n) is 11.3. The highest BCUT2D eigenvalue weighted by atomic mass is 16.2. The minimum absolute atomic E-state index is 0.0384. The number of fused-ring (bicyclic) bond motifs is 2. The number of piperidine rings is 1. The van der Waals surface area contributed by atoms with Crippen LogP contribution in [0.4, 0.5) is 5.95 Å². The van der Waals surface area contributed by atoms with Crippen LogP contribution >= 0.6 is 0 Å². The Hall–Kier alpha value is -3.97. The molecular formula is C24H26N8O2. The Morgan fingerprint density at radius 1 is 1.24 bits per heavy atom. The van der Waals surface area contributed by atoms with E-state index in [2.05, 4.69) is 26.7 Å². The normalized spacial score (nSPS) is 16.1. The summed E-state index contributed by atoms with van der Waals surface area (Å²) < 4.78 is 4.49. The molecule has 1 aliphatic rings. The second-order valence-corrected chi connectivity index (χ2v) is 8.59. The third-order valence-electron chi connectivity index (χ3n) is 6.28. The van der Waals surface area contributed by atoms with E-state index in [-0.39, 0.29) is 18.1 Å². The number of hydrogen-bond acceptors (Lipinski definition) is 7. The third-order valence-corrected chi connectivity index (χ3v) is 6.28. The Kier molecular flexibility index (Phi) is 5.63. The summed E-state index contributed by atoms with van der Waals surface area (Å²) in [5.74, 6) is 6.57. The zero-order valence-corrected chi connectivity index (χ0v) is 19.2. The Labute approximate surface area is 195 Å². The molecule has 1 unspecified atom stereocenters. The van der Waals surface area contributed by atoms with Gasteiger partial charge in [-0.2, -0.15) is 4.98 Å². The zero-order valence-electron chi connectivity index (χ0n) is 19.2. The number of benzene rings is 1. The highest BCUT2D eigenvalue weighted by Crippen LogP contribution is 2.23. The molecule has 1 saturated heterocycles. The van der Waals surface area contributed by atoms with Crippen molar-refractivity contribution < 1.29 is 0 Å². The maximum Gasteiger partial charge on any atom is 0.332 e. The van der Waals surface area contributed by atoms with Gasteiger partial charge in [0.05, 0.1) is 18.6 Å². The van der Waals surface area contributed by atoms with Crippen molar-refractivity contribution >= 4 is 28.0 Å². The quantitative estimate of drug-likeness (QED) is 0.450. The monoisotopic (exact) mass is 458 g/mol. The number of aromatic nitrogens is 6. The van der Waals surface area contributed by atoms with Crippen molar-refractivity contribution in [3.8, 4) is 11.8 Å². The number of nitrogens with two attached hydrogens (primary N) is 1. The van der Waals surface area contributed by atoms with E-state index < -0.39 is 5.69 Å². The lowest BCUT2D eigenvalue weighted by Crippen LogP contribution is -2.44. The van der Waals surface area contributed by atoms with E-state index >= 15 is 0 Å². The SMILES string of the molecule is CC#CCn1c(N2CCCC(N)C2)nc2c1c(=O)n(Cc1ccc3cncnc3c1)c(=O)n2C. The van der Waals surface area contributed by atoms with Crippen LogP contribution in [0.25, 0.3) is 22.1 Å². The van der Waals surface area contributed by atoms with E-state index in [0.29, 0.717) is 30.2 Å². The summed E-state index contributed by atoms with van der Waals surface area (Å²) in [6.07, 6.45) is 5.10. The van der Waals surface area contributed by atoms with Gasteiger partial charge < -0.3 is 10.6 Å². The summed E-state index contributed by atoms with van der Waals surface area (Å²) in [7, 11) is 1.64. The smallest absolute Gasteiger partial charge is 0.332 e. The minimum Gasteiger partial charge on any atom is -0.341 e. The first-order valence-corrected chi connectivity index (χ1v) is 11.3. The molecule has 5 rings (SSSR count). The topological polar surface area (TPSA) is 117 Å². The van der Waals surface area contributed by atoms with Crippen LogP contribution in [0.15, 0.2) is 40.3 Å². The van der Waals surface area contributed by atoms with Crippen molar-refractivity contribution in [2.45, 2.75) is 38.9 Å². The molecule has 4 aromatic rings. The molecule has 34 heavy (non-hydrogen) atoms. The number of aryl methyl sites for hydroxylation is 1. The summed E-state index contributed by atoms with van der Waals surface area (Å²) in [4.78, 5) is 42.0. The molecule has 10 nitrogen and oxygen atoms in total. The van der Waals surface area contributed by atoms with Crippen molar-refractivity contribution in [3.05, 3.63) is 57.1 Å². The van der Waals surface area contributed by atoms with Gasteiger partial charge in [0.2, 0.25) is 5.95 Å². The molecule has 174 valence electrons. The van der Waals surface area contributed by atoms with E-state index in [1.165, 1.54) is 15.5 Å². The summed E-state index contributed by atoms with van der Waals surface area (Å²) in [6.45, 7) is 3.61. The predicted molar refractivity (Wildman–Crippen MR) is 131 cm³/mol. The Bertz CT molecular complexity index is 1570. The van der Waals surface area contributed by atoms with Crippen LogP contribution in [0.3, 0.4) is 0 Å². The Morgan fingerprint density at radius 3 is 2.88 bits per heavy atom. The second kappa shape index (κ2) is 8.76. The summed E-state index contributed by atoms with van der Waals surface area (Å²) in [5.41, 5.74) is 7.66. The molecule has 0 saturated carbocycles. The molecule has 0 bridgehead atoms. The number of imidazole rings is 1. The van der Waals surface area contributed by atoms with Gasteiger partial charge in [0.15, 0.2) is 11.2 Å². The van der Waals surface area contributed by atoms with Gasteiger partial charge in [-0.25, -0.2) is 14.8 Å². The van der Waals surface area contributed by atoms with E-state index in [9.17, 15) is 9.59 Å². The molecule has 0 spiro atoms. The van der Waals surface area contributed by atoms with E-state index in [1.54, 1.807) is 20.2 Å². The average Bonchev–Trinajstić information content (AvgIpc) is 3.23. The fourth-order valence-electron chi connectivity index (χ4n) is 4.54. The van der Waals surface area contributed by atoms with Crippen molar-refractivity contribution in [1.29, 1.82) is 0 Å². The summed E-state index contributed by atoms with van der Waals surface area (Å²) in [6, 6.07) is 5.67. The van der Waals surface area contributed by atoms with Crippen molar-refractivity contribution in [2.75, 3.05) is 18.0 Å². The van der Waals surface area contributed by atoms with E-state index in [4.69, 9.17) is 10.7 Å². The standard InChI is InChI=1S/C24H26N8O2/c1-3-4-10-31-20-21(28-23(31)30-9-5-6-18(25)14-30)29(2)24(34)32(22(20)33)13-16-7-8-17-12-26-15-27-19(17)11-16/h7-8,11-12,15,18H,5-6,9-10,13-14,25H2,1-2H3. The molecule has 3 aromatic heterocycles. The predicted octanol–water partition coefficient (Wildman–Crippen LogP) is 0.839. The fraction of sp³-hybridized carbons (Fsp3) is 0.375. The Morgan fingerprint density at radius 2 is 2.09 bits per heavy atom. The summed E-state index contributed by atoms with van der Waals surface area (Å²) in [5, 5.41) is 0.891. The van der Waals surface area contributed by atoms with Crippen LogP contribution in [0.5, 0.6) is 0 Å². The van der Waals surface area contributed by atoms with Crippen molar-refractivity contribution in [2.24, 2.45) is 12.8 Å². The number of rotatable bonds is 4. The van der Waals surface area contributed by atoms with Gasteiger partial charge in [-0.05, 0) is 31.4 Å². The van der Waals surface area contributed by atoms with Gasteiger partial charge in [0.1, 0.15) is 6.33 Å². The first kappa shape index (κ1) is 21.9. The van der Waals surface area contributed by atoms with Gasteiger partial charge >= 0.3 is 5.69 Å². The van der Waals surface area contributed by atoms with Gasteiger partial charge in [0.25, 0.3) is 5.56 Å². The number of hydrogen-bond donors (Lipinski definition) is 1. The van der Waals surface area contributed by atoms with Gasteiger partial charge in [-0.3, -0.25) is 18.5 Å². The molecule has 1 aromatic carbocycles. The van der Waals surface area contributed by atoms with Crippen LogP contribution < -0.4 is 21.9 Å². The molecule has 4 heterocycles. The molecule has 1 fully saturated rings. The lowest BCUT2D eigenvalue weighted by atomic mass is 10.1. The molecular weight excluding hydrogens is 432 g/mol. The maximum absolute atomic E-state index is 13.7. The first-order chi connectivity index (χ1) is 16.5. The highest BCUT2D eigenvalue weighted by Gasteiger charge is 2.26. The summed E-state index contributed by atoms with van der Waals surface area (Å²) >= 11 is 0. The fourth-order valence-corrected chi connectivity index (χ4v) is 4.54. The molecule has 1 aliphatic heterocycles. The lowest BCUT2D eigenvalue weighted by molar-refractivity contribution is 0.496.